The molecule has 1 atom stereocenters. The summed E-state index contributed by atoms with van der Waals surface area (Å²) in [5.74, 6) is -0.802. The van der Waals surface area contributed by atoms with Crippen molar-refractivity contribution in [1.29, 1.82) is 0 Å². The number of furan rings is 1. The second kappa shape index (κ2) is 11.0. The standard InChI is InChI=1S/C32H26F2N4O4S/c1-35-24-13-10-18(14-21(24)32-37-29-23(34)6-5-7-26(29)42-32)20-15-22-27(16-25(20)38(3)43(4)40)41-30(28(22)31(39)36-2)17-8-11-19(33)12-9-17/h5-16,35H,1-4H3,(H,36,39). The minimum absolute atomic E-state index is 0.120. The molecule has 218 valence electrons. The molecule has 43 heavy (non-hydrogen) atoms. The third-order valence-electron chi connectivity index (χ3n) is 7.29. The molecule has 1 amide bonds. The van der Waals surface area contributed by atoms with E-state index in [1.807, 2.05) is 18.2 Å². The number of hydrogen-bond donors (Lipinski definition) is 2. The van der Waals surface area contributed by atoms with E-state index in [0.717, 1.165) is 0 Å². The van der Waals surface area contributed by atoms with Gasteiger partial charge in [-0.2, -0.15) is 0 Å². The van der Waals surface area contributed by atoms with Crippen molar-refractivity contribution in [1.82, 2.24) is 10.3 Å². The summed E-state index contributed by atoms with van der Waals surface area (Å²) in [4.78, 5) is 17.6. The van der Waals surface area contributed by atoms with E-state index in [4.69, 9.17) is 8.83 Å². The largest absolute Gasteiger partial charge is 0.455 e. The Hall–Kier alpha value is -5.03. The van der Waals surface area contributed by atoms with E-state index >= 15 is 0 Å². The van der Waals surface area contributed by atoms with Gasteiger partial charge in [-0.1, -0.05) is 12.1 Å². The molecule has 2 N–H and O–H groups in total. The maximum atomic E-state index is 14.5. The quantitative estimate of drug-likeness (QED) is 0.205. The molecular weight excluding hydrogens is 574 g/mol. The normalized spacial score (nSPS) is 12.0. The zero-order valence-electron chi connectivity index (χ0n) is 23.6. The Morgan fingerprint density at radius 1 is 0.907 bits per heavy atom. The fraction of sp³-hybridized carbons (Fsp3) is 0.125. The molecule has 0 aliphatic rings. The molecule has 6 rings (SSSR count). The summed E-state index contributed by atoms with van der Waals surface area (Å²) in [6.45, 7) is 0. The van der Waals surface area contributed by atoms with Gasteiger partial charge in [0, 0.05) is 55.7 Å². The lowest BCUT2D eigenvalue weighted by Gasteiger charge is -2.20. The van der Waals surface area contributed by atoms with Crippen molar-refractivity contribution in [3.63, 3.8) is 0 Å². The van der Waals surface area contributed by atoms with Crippen molar-refractivity contribution in [3.8, 4) is 33.9 Å². The highest BCUT2D eigenvalue weighted by molar-refractivity contribution is 7.85. The number of para-hydroxylation sites is 1. The van der Waals surface area contributed by atoms with Crippen LogP contribution in [0.3, 0.4) is 0 Å². The van der Waals surface area contributed by atoms with Crippen LogP contribution in [-0.2, 0) is 11.0 Å². The predicted molar refractivity (Wildman–Crippen MR) is 165 cm³/mol. The molecule has 0 radical (unpaired) electrons. The first-order chi connectivity index (χ1) is 20.7. The molecule has 0 aliphatic carbocycles. The van der Waals surface area contributed by atoms with Crippen molar-refractivity contribution in [2.75, 3.05) is 37.0 Å². The molecule has 0 saturated carbocycles. The number of nitrogens with one attached hydrogen (secondary N) is 2. The molecule has 11 heteroatoms. The highest BCUT2D eigenvalue weighted by atomic mass is 32.2. The van der Waals surface area contributed by atoms with E-state index in [1.54, 1.807) is 61.1 Å². The fourth-order valence-electron chi connectivity index (χ4n) is 5.05. The van der Waals surface area contributed by atoms with Gasteiger partial charge in [0.15, 0.2) is 11.4 Å². The second-order valence-electron chi connectivity index (χ2n) is 9.79. The lowest BCUT2D eigenvalue weighted by molar-refractivity contribution is 0.0964. The van der Waals surface area contributed by atoms with Crippen LogP contribution in [-0.4, -0.2) is 42.5 Å². The van der Waals surface area contributed by atoms with E-state index in [1.165, 1.54) is 25.2 Å². The van der Waals surface area contributed by atoms with Crippen LogP contribution in [0.5, 0.6) is 0 Å². The molecule has 2 aromatic heterocycles. The molecule has 2 heterocycles. The number of halogens is 2. The van der Waals surface area contributed by atoms with Crippen molar-refractivity contribution in [2.24, 2.45) is 0 Å². The summed E-state index contributed by atoms with van der Waals surface area (Å²) in [5, 5.41) is 6.30. The highest BCUT2D eigenvalue weighted by Gasteiger charge is 2.25. The smallest absolute Gasteiger partial charge is 0.255 e. The monoisotopic (exact) mass is 600 g/mol. The summed E-state index contributed by atoms with van der Waals surface area (Å²) >= 11 is 0. The van der Waals surface area contributed by atoms with Crippen LogP contribution in [0.15, 0.2) is 81.6 Å². The van der Waals surface area contributed by atoms with Gasteiger partial charge in [-0.15, -0.1) is 0 Å². The zero-order valence-corrected chi connectivity index (χ0v) is 24.4. The molecule has 0 spiro atoms. The second-order valence-corrected chi connectivity index (χ2v) is 11.2. The van der Waals surface area contributed by atoms with Crippen LogP contribution in [0.4, 0.5) is 20.2 Å². The molecule has 6 aromatic rings. The highest BCUT2D eigenvalue weighted by Crippen LogP contribution is 2.43. The topological polar surface area (TPSA) is 101 Å². The molecule has 0 saturated heterocycles. The summed E-state index contributed by atoms with van der Waals surface area (Å²) in [6.07, 6.45) is 1.55. The van der Waals surface area contributed by atoms with Crippen LogP contribution < -0.4 is 14.9 Å². The van der Waals surface area contributed by atoms with Gasteiger partial charge in [0.05, 0.1) is 16.8 Å². The number of fused-ring (bicyclic) bond motifs is 2. The SMILES string of the molecule is CNC(=O)c1c(-c2ccc(F)cc2)oc2cc(N(C)S(C)=O)c(-c3ccc(NC)c(-c4nc5c(F)cccc5o4)c3)cc12. The number of hydrogen-bond acceptors (Lipinski definition) is 6. The summed E-state index contributed by atoms with van der Waals surface area (Å²) in [6, 6.07) is 19.3. The maximum absolute atomic E-state index is 14.5. The van der Waals surface area contributed by atoms with Crippen molar-refractivity contribution in [2.45, 2.75) is 0 Å². The lowest BCUT2D eigenvalue weighted by atomic mass is 9.96. The molecule has 4 aromatic carbocycles. The van der Waals surface area contributed by atoms with Crippen LogP contribution in [0.1, 0.15) is 10.4 Å². The lowest BCUT2D eigenvalue weighted by Crippen LogP contribution is -2.20. The molecule has 0 aliphatic heterocycles. The number of benzene rings is 4. The van der Waals surface area contributed by atoms with E-state index < -0.39 is 22.6 Å². The summed E-state index contributed by atoms with van der Waals surface area (Å²) in [7, 11) is 3.55. The Morgan fingerprint density at radius 3 is 2.33 bits per heavy atom. The van der Waals surface area contributed by atoms with Gasteiger partial charge in [-0.3, -0.25) is 9.10 Å². The molecule has 0 bridgehead atoms. The molecule has 8 nitrogen and oxygen atoms in total. The number of carbonyl (C=O) groups is 1. The van der Waals surface area contributed by atoms with Crippen LogP contribution in [0.25, 0.3) is 56.0 Å². The van der Waals surface area contributed by atoms with Gasteiger partial charge < -0.3 is 19.5 Å². The fourth-order valence-corrected chi connectivity index (χ4v) is 5.48. The number of aromatic nitrogens is 1. The zero-order chi connectivity index (χ0) is 30.4. The van der Waals surface area contributed by atoms with Crippen LogP contribution >= 0.6 is 0 Å². The minimum Gasteiger partial charge on any atom is -0.455 e. The third kappa shape index (κ3) is 4.91. The average molecular weight is 601 g/mol. The number of rotatable bonds is 7. The van der Waals surface area contributed by atoms with E-state index in [9.17, 15) is 17.8 Å². The summed E-state index contributed by atoms with van der Waals surface area (Å²) < 4.78 is 54.6. The molecule has 0 fully saturated rings. The predicted octanol–water partition coefficient (Wildman–Crippen LogP) is 6.98. The van der Waals surface area contributed by atoms with E-state index in [0.29, 0.717) is 50.2 Å². The van der Waals surface area contributed by atoms with Gasteiger partial charge >= 0.3 is 0 Å². The van der Waals surface area contributed by atoms with Crippen molar-refractivity contribution in [3.05, 3.63) is 90.0 Å². The third-order valence-corrected chi connectivity index (χ3v) is 8.26. The van der Waals surface area contributed by atoms with Gasteiger partial charge in [-0.05, 0) is 60.2 Å². The molecule has 1 unspecified atom stereocenters. The Balaban J connectivity index is 1.62. The van der Waals surface area contributed by atoms with Crippen molar-refractivity contribution < 1.29 is 26.6 Å². The van der Waals surface area contributed by atoms with Gasteiger partial charge in [-0.25, -0.2) is 18.0 Å². The maximum Gasteiger partial charge on any atom is 0.255 e. The van der Waals surface area contributed by atoms with Gasteiger partial charge in [0.25, 0.3) is 5.91 Å². The number of oxazole rings is 1. The van der Waals surface area contributed by atoms with Gasteiger partial charge in [0.2, 0.25) is 5.89 Å². The molecular formula is C32H26F2N4O4S. The number of amides is 1. The summed E-state index contributed by atoms with van der Waals surface area (Å²) in [5.41, 5.74) is 4.80. The van der Waals surface area contributed by atoms with Gasteiger partial charge in [0.1, 0.15) is 33.7 Å². The van der Waals surface area contributed by atoms with Crippen LogP contribution in [0.2, 0.25) is 0 Å². The number of anilines is 2. The van der Waals surface area contributed by atoms with Crippen molar-refractivity contribution >= 4 is 50.3 Å². The number of carbonyl (C=O) groups excluding carboxylic acids is 1. The van der Waals surface area contributed by atoms with Crippen LogP contribution in [0, 0.1) is 11.6 Å². The Morgan fingerprint density at radius 2 is 1.65 bits per heavy atom. The first-order valence-corrected chi connectivity index (χ1v) is 14.7. The Labute approximate surface area is 247 Å². The Bertz CT molecular complexity index is 2050. The number of nitrogens with zero attached hydrogens (tertiary/aromatic N) is 2. The average Bonchev–Trinajstić information content (AvgIpc) is 3.62. The first-order valence-electron chi connectivity index (χ1n) is 13.2. The minimum atomic E-state index is -1.41. The van der Waals surface area contributed by atoms with E-state index in [2.05, 4.69) is 15.6 Å². The van der Waals surface area contributed by atoms with E-state index in [-0.39, 0.29) is 28.6 Å². The first kappa shape index (κ1) is 28.1. The Kier molecular flexibility index (Phi) is 7.18.